The minimum Gasteiger partial charge on any atom is -0.504 e. The molecule has 0 bridgehead atoms. The van der Waals surface area contributed by atoms with Gasteiger partial charge in [0.2, 0.25) is 0 Å². The van der Waals surface area contributed by atoms with Crippen LogP contribution < -0.4 is 10.6 Å². The third-order valence-electron chi connectivity index (χ3n) is 2.92. The molecule has 0 amide bonds. The van der Waals surface area contributed by atoms with Crippen molar-refractivity contribution in [2.75, 3.05) is 24.5 Å². The van der Waals surface area contributed by atoms with Gasteiger partial charge in [0, 0.05) is 19.3 Å². The number of rotatable bonds is 2. The third kappa shape index (κ3) is 2.77. The van der Waals surface area contributed by atoms with Crippen molar-refractivity contribution in [3.63, 3.8) is 0 Å². The third-order valence-corrected chi connectivity index (χ3v) is 2.92. The molecule has 1 aliphatic heterocycles. The largest absolute Gasteiger partial charge is 0.504 e. The fraction of sp³-hybridized carbons (Fsp3) is 0.545. The van der Waals surface area contributed by atoms with Gasteiger partial charge in [-0.25, -0.2) is 4.98 Å². The lowest BCUT2D eigenvalue weighted by Gasteiger charge is -2.33. The minimum absolute atomic E-state index is 0. The summed E-state index contributed by atoms with van der Waals surface area (Å²) >= 11 is 0. The molecule has 1 unspecified atom stereocenters. The predicted octanol–water partition coefficient (Wildman–Crippen LogP) is 1.38. The molecular weight excluding hydrogens is 226 g/mol. The zero-order valence-electron chi connectivity index (χ0n) is 9.17. The number of piperidine rings is 1. The highest BCUT2D eigenvalue weighted by Crippen LogP contribution is 2.27. The highest BCUT2D eigenvalue weighted by Gasteiger charge is 2.21. The summed E-state index contributed by atoms with van der Waals surface area (Å²) in [6, 6.07) is 3.41. The summed E-state index contributed by atoms with van der Waals surface area (Å²) in [4.78, 5) is 6.33. The second kappa shape index (κ2) is 5.92. The van der Waals surface area contributed by atoms with Crippen molar-refractivity contribution in [3.05, 3.63) is 18.3 Å². The van der Waals surface area contributed by atoms with Gasteiger partial charge in [-0.3, -0.25) is 0 Å². The van der Waals surface area contributed by atoms with E-state index in [9.17, 15) is 5.11 Å². The van der Waals surface area contributed by atoms with Crippen LogP contribution in [0, 0.1) is 5.92 Å². The van der Waals surface area contributed by atoms with Crippen LogP contribution in [-0.4, -0.2) is 29.7 Å². The summed E-state index contributed by atoms with van der Waals surface area (Å²) in [5, 5.41) is 9.69. The van der Waals surface area contributed by atoms with E-state index in [1.54, 1.807) is 18.3 Å². The molecule has 1 fully saturated rings. The van der Waals surface area contributed by atoms with Crippen molar-refractivity contribution in [1.82, 2.24) is 4.98 Å². The molecule has 0 spiro atoms. The Morgan fingerprint density at radius 3 is 3.06 bits per heavy atom. The zero-order chi connectivity index (χ0) is 10.7. The predicted molar refractivity (Wildman–Crippen MR) is 67.1 cm³/mol. The quantitative estimate of drug-likeness (QED) is 0.824. The lowest BCUT2D eigenvalue weighted by Crippen LogP contribution is -2.38. The molecule has 4 nitrogen and oxygen atoms in total. The maximum atomic E-state index is 9.69. The van der Waals surface area contributed by atoms with E-state index in [0.717, 1.165) is 19.5 Å². The van der Waals surface area contributed by atoms with Crippen LogP contribution in [0.15, 0.2) is 18.3 Å². The first-order valence-electron chi connectivity index (χ1n) is 5.40. The SMILES string of the molecule is Cl.NCC1CCCN(c2ncccc2O)C1. The van der Waals surface area contributed by atoms with Gasteiger partial charge in [-0.2, -0.15) is 0 Å². The number of aromatic nitrogens is 1. The molecular formula is C11H18ClN3O. The Morgan fingerprint density at radius 1 is 1.56 bits per heavy atom. The second-order valence-corrected chi connectivity index (χ2v) is 4.04. The zero-order valence-corrected chi connectivity index (χ0v) is 9.99. The average molecular weight is 244 g/mol. The van der Waals surface area contributed by atoms with E-state index in [-0.39, 0.29) is 18.2 Å². The monoisotopic (exact) mass is 243 g/mol. The van der Waals surface area contributed by atoms with Gasteiger partial charge in [-0.15, -0.1) is 12.4 Å². The molecule has 1 atom stereocenters. The highest BCUT2D eigenvalue weighted by atomic mass is 35.5. The van der Waals surface area contributed by atoms with Gasteiger partial charge in [0.25, 0.3) is 0 Å². The van der Waals surface area contributed by atoms with Crippen molar-refractivity contribution < 1.29 is 5.11 Å². The van der Waals surface area contributed by atoms with Gasteiger partial charge in [0.05, 0.1) is 0 Å². The molecule has 0 radical (unpaired) electrons. The molecule has 0 aromatic carbocycles. The summed E-state index contributed by atoms with van der Waals surface area (Å²) in [5.41, 5.74) is 5.67. The Bertz CT molecular complexity index is 335. The molecule has 0 aliphatic carbocycles. The number of aromatic hydroxyl groups is 1. The molecule has 16 heavy (non-hydrogen) atoms. The summed E-state index contributed by atoms with van der Waals surface area (Å²) in [6.45, 7) is 2.58. The lowest BCUT2D eigenvalue weighted by atomic mass is 9.98. The van der Waals surface area contributed by atoms with E-state index in [1.165, 1.54) is 6.42 Å². The molecule has 2 heterocycles. The molecule has 1 aliphatic rings. The fourth-order valence-corrected chi connectivity index (χ4v) is 2.08. The van der Waals surface area contributed by atoms with Gasteiger partial charge < -0.3 is 15.7 Å². The van der Waals surface area contributed by atoms with E-state index in [1.807, 2.05) is 0 Å². The summed E-state index contributed by atoms with van der Waals surface area (Å²) in [6.07, 6.45) is 4.01. The van der Waals surface area contributed by atoms with Gasteiger partial charge in [0.15, 0.2) is 11.6 Å². The number of pyridine rings is 1. The number of anilines is 1. The van der Waals surface area contributed by atoms with Gasteiger partial charge >= 0.3 is 0 Å². The lowest BCUT2D eigenvalue weighted by molar-refractivity contribution is 0.412. The number of hydrogen-bond donors (Lipinski definition) is 2. The Balaban J connectivity index is 0.00000128. The van der Waals surface area contributed by atoms with Crippen LogP contribution in [0.4, 0.5) is 5.82 Å². The molecule has 90 valence electrons. The normalized spacial score (nSPS) is 20.3. The van der Waals surface area contributed by atoms with Crippen LogP contribution in [-0.2, 0) is 0 Å². The molecule has 0 saturated carbocycles. The molecule has 2 rings (SSSR count). The van der Waals surface area contributed by atoms with Crippen molar-refractivity contribution in [2.45, 2.75) is 12.8 Å². The van der Waals surface area contributed by atoms with Crippen LogP contribution >= 0.6 is 12.4 Å². The fourth-order valence-electron chi connectivity index (χ4n) is 2.08. The minimum atomic E-state index is 0. The first-order chi connectivity index (χ1) is 7.31. The number of halogens is 1. The molecule has 3 N–H and O–H groups in total. The smallest absolute Gasteiger partial charge is 0.171 e. The summed E-state index contributed by atoms with van der Waals surface area (Å²) in [7, 11) is 0. The Hall–Kier alpha value is -1.00. The number of nitrogens with two attached hydrogens (primary N) is 1. The van der Waals surface area contributed by atoms with E-state index in [2.05, 4.69) is 9.88 Å². The molecule has 1 aromatic rings. The van der Waals surface area contributed by atoms with Crippen LogP contribution in [0.2, 0.25) is 0 Å². The van der Waals surface area contributed by atoms with Crippen molar-refractivity contribution in [3.8, 4) is 5.75 Å². The summed E-state index contributed by atoms with van der Waals surface area (Å²) in [5.74, 6) is 1.48. The first-order valence-corrected chi connectivity index (χ1v) is 5.40. The van der Waals surface area contributed by atoms with E-state index in [0.29, 0.717) is 18.3 Å². The maximum absolute atomic E-state index is 9.69. The first kappa shape index (κ1) is 13.1. The second-order valence-electron chi connectivity index (χ2n) is 4.04. The topological polar surface area (TPSA) is 62.4 Å². The highest BCUT2D eigenvalue weighted by molar-refractivity contribution is 5.85. The van der Waals surface area contributed by atoms with Crippen molar-refractivity contribution in [1.29, 1.82) is 0 Å². The maximum Gasteiger partial charge on any atom is 0.171 e. The van der Waals surface area contributed by atoms with E-state index < -0.39 is 0 Å². The van der Waals surface area contributed by atoms with E-state index in [4.69, 9.17) is 5.73 Å². The van der Waals surface area contributed by atoms with Gasteiger partial charge in [-0.05, 0) is 37.4 Å². The Kier molecular flexibility index (Phi) is 4.83. The van der Waals surface area contributed by atoms with Crippen molar-refractivity contribution >= 4 is 18.2 Å². The standard InChI is InChI=1S/C11H17N3O.ClH/c12-7-9-3-2-6-14(8-9)11-10(15)4-1-5-13-11;/h1,4-5,9,15H,2-3,6-8,12H2;1H. The molecule has 1 saturated heterocycles. The summed E-state index contributed by atoms with van der Waals surface area (Å²) < 4.78 is 0. The number of hydrogen-bond acceptors (Lipinski definition) is 4. The Morgan fingerprint density at radius 2 is 2.38 bits per heavy atom. The molecule has 5 heteroatoms. The Labute approximate surface area is 102 Å². The molecule has 1 aromatic heterocycles. The van der Waals surface area contributed by atoms with Crippen molar-refractivity contribution in [2.24, 2.45) is 11.7 Å². The van der Waals surface area contributed by atoms with Crippen LogP contribution in [0.5, 0.6) is 5.75 Å². The van der Waals surface area contributed by atoms with Crippen LogP contribution in [0.3, 0.4) is 0 Å². The van der Waals surface area contributed by atoms with Crippen LogP contribution in [0.25, 0.3) is 0 Å². The average Bonchev–Trinajstić information content (AvgIpc) is 2.30. The van der Waals surface area contributed by atoms with E-state index >= 15 is 0 Å². The van der Waals surface area contributed by atoms with Crippen LogP contribution in [0.1, 0.15) is 12.8 Å². The van der Waals surface area contributed by atoms with Gasteiger partial charge in [0.1, 0.15) is 0 Å². The van der Waals surface area contributed by atoms with Gasteiger partial charge in [-0.1, -0.05) is 0 Å². The number of nitrogens with zero attached hydrogens (tertiary/aromatic N) is 2.